The number of piperidine rings is 1. The van der Waals surface area contributed by atoms with Crippen LogP contribution in [0.2, 0.25) is 0 Å². The summed E-state index contributed by atoms with van der Waals surface area (Å²) in [5.74, 6) is 0. The van der Waals surface area contributed by atoms with Gasteiger partial charge in [-0.2, -0.15) is 0 Å². The van der Waals surface area contributed by atoms with Crippen LogP contribution in [0, 0.1) is 0 Å². The molecule has 0 unspecified atom stereocenters. The van der Waals surface area contributed by atoms with Gasteiger partial charge in [-0.3, -0.25) is 4.98 Å². The molecule has 0 atom stereocenters. The number of anilines is 1. The standard InChI is InChI=1S/C13H20N2O2/c1-2-16-11-17-13-5-9-15(10-6-13)12-3-7-14-8-4-12/h3-4,7-8,13H,2,5-6,9-11H2,1H3. The minimum atomic E-state index is 0.347. The van der Waals surface area contributed by atoms with Crippen LogP contribution in [0.5, 0.6) is 0 Å². The van der Waals surface area contributed by atoms with E-state index in [1.54, 1.807) is 0 Å². The number of hydrogen-bond acceptors (Lipinski definition) is 4. The molecule has 0 radical (unpaired) electrons. The Kier molecular flexibility index (Phi) is 4.76. The van der Waals surface area contributed by atoms with Gasteiger partial charge in [-0.1, -0.05) is 0 Å². The molecule has 2 heterocycles. The smallest absolute Gasteiger partial charge is 0.147 e. The Balaban J connectivity index is 1.74. The SMILES string of the molecule is CCOCOC1CCN(c2ccncc2)CC1. The molecule has 1 fully saturated rings. The maximum atomic E-state index is 5.65. The molecule has 1 aliphatic rings. The third-order valence-electron chi connectivity index (χ3n) is 3.06. The molecule has 4 nitrogen and oxygen atoms in total. The lowest BCUT2D eigenvalue weighted by Gasteiger charge is -2.33. The van der Waals surface area contributed by atoms with Crippen LogP contribution in [0.4, 0.5) is 5.69 Å². The van der Waals surface area contributed by atoms with Gasteiger partial charge < -0.3 is 14.4 Å². The van der Waals surface area contributed by atoms with Crippen molar-refractivity contribution in [3.05, 3.63) is 24.5 Å². The van der Waals surface area contributed by atoms with E-state index in [0.29, 0.717) is 12.9 Å². The van der Waals surface area contributed by atoms with Gasteiger partial charge in [-0.15, -0.1) is 0 Å². The second-order valence-electron chi connectivity index (χ2n) is 4.17. The largest absolute Gasteiger partial charge is 0.371 e. The lowest BCUT2D eigenvalue weighted by atomic mass is 10.1. The maximum absolute atomic E-state index is 5.65. The molecule has 0 saturated carbocycles. The summed E-state index contributed by atoms with van der Waals surface area (Å²) in [4.78, 5) is 6.41. The van der Waals surface area contributed by atoms with Crippen LogP contribution in [-0.2, 0) is 9.47 Å². The minimum absolute atomic E-state index is 0.347. The zero-order valence-corrected chi connectivity index (χ0v) is 10.3. The Hall–Kier alpha value is -1.13. The molecule has 0 spiro atoms. The van der Waals surface area contributed by atoms with Gasteiger partial charge >= 0.3 is 0 Å². The van der Waals surface area contributed by atoms with Crippen molar-refractivity contribution in [3.63, 3.8) is 0 Å². The molecule has 0 bridgehead atoms. The first-order valence-electron chi connectivity index (χ1n) is 6.24. The average molecular weight is 236 g/mol. The fraction of sp³-hybridized carbons (Fsp3) is 0.615. The van der Waals surface area contributed by atoms with E-state index in [1.165, 1.54) is 5.69 Å². The summed E-state index contributed by atoms with van der Waals surface area (Å²) in [5, 5.41) is 0. The Morgan fingerprint density at radius 1 is 1.29 bits per heavy atom. The van der Waals surface area contributed by atoms with Crippen molar-refractivity contribution >= 4 is 5.69 Å². The highest BCUT2D eigenvalue weighted by Crippen LogP contribution is 2.20. The van der Waals surface area contributed by atoms with Gasteiger partial charge in [0.05, 0.1) is 6.10 Å². The Morgan fingerprint density at radius 3 is 2.65 bits per heavy atom. The molecule has 1 saturated heterocycles. The molecular weight excluding hydrogens is 216 g/mol. The van der Waals surface area contributed by atoms with Gasteiger partial charge in [0.15, 0.2) is 0 Å². The molecule has 17 heavy (non-hydrogen) atoms. The fourth-order valence-corrected chi connectivity index (χ4v) is 2.06. The molecule has 2 rings (SSSR count). The summed E-state index contributed by atoms with van der Waals surface area (Å²) in [6.45, 7) is 5.21. The highest BCUT2D eigenvalue weighted by Gasteiger charge is 2.19. The second-order valence-corrected chi connectivity index (χ2v) is 4.17. The van der Waals surface area contributed by atoms with Crippen molar-refractivity contribution in [2.24, 2.45) is 0 Å². The summed E-state index contributed by atoms with van der Waals surface area (Å²) in [7, 11) is 0. The molecule has 0 aromatic carbocycles. The summed E-state index contributed by atoms with van der Waals surface area (Å²) < 4.78 is 10.8. The number of hydrogen-bond donors (Lipinski definition) is 0. The van der Waals surface area contributed by atoms with E-state index in [4.69, 9.17) is 9.47 Å². The van der Waals surface area contributed by atoms with E-state index in [2.05, 4.69) is 22.0 Å². The summed E-state index contributed by atoms with van der Waals surface area (Å²) in [6.07, 6.45) is 6.16. The van der Waals surface area contributed by atoms with Crippen LogP contribution in [0.15, 0.2) is 24.5 Å². The molecule has 4 heteroatoms. The highest BCUT2D eigenvalue weighted by molar-refractivity contribution is 5.44. The minimum Gasteiger partial charge on any atom is -0.371 e. The van der Waals surface area contributed by atoms with Crippen molar-refractivity contribution in [2.75, 3.05) is 31.4 Å². The first-order valence-corrected chi connectivity index (χ1v) is 6.24. The van der Waals surface area contributed by atoms with E-state index >= 15 is 0 Å². The van der Waals surface area contributed by atoms with E-state index in [9.17, 15) is 0 Å². The van der Waals surface area contributed by atoms with E-state index in [1.807, 2.05) is 19.3 Å². The number of ether oxygens (including phenoxy) is 2. The van der Waals surface area contributed by atoms with Gasteiger partial charge in [0, 0.05) is 37.8 Å². The molecule has 1 aliphatic heterocycles. The van der Waals surface area contributed by atoms with Crippen molar-refractivity contribution in [3.8, 4) is 0 Å². The molecule has 0 amide bonds. The molecule has 94 valence electrons. The van der Waals surface area contributed by atoms with Crippen molar-refractivity contribution in [2.45, 2.75) is 25.9 Å². The normalized spacial score (nSPS) is 17.4. The first kappa shape index (κ1) is 12.3. The Morgan fingerprint density at radius 2 is 2.00 bits per heavy atom. The maximum Gasteiger partial charge on any atom is 0.147 e. The molecule has 0 N–H and O–H groups in total. The van der Waals surface area contributed by atoms with Crippen molar-refractivity contribution in [1.82, 2.24) is 4.98 Å². The lowest BCUT2D eigenvalue weighted by molar-refractivity contribution is -0.0917. The topological polar surface area (TPSA) is 34.6 Å². The quantitative estimate of drug-likeness (QED) is 0.579. The zero-order valence-electron chi connectivity index (χ0n) is 10.3. The van der Waals surface area contributed by atoms with Gasteiger partial charge in [0.25, 0.3) is 0 Å². The number of rotatable bonds is 5. The predicted octanol–water partition coefficient (Wildman–Crippen LogP) is 2.06. The number of pyridine rings is 1. The van der Waals surface area contributed by atoms with Crippen LogP contribution in [-0.4, -0.2) is 37.6 Å². The highest BCUT2D eigenvalue weighted by atomic mass is 16.7. The van der Waals surface area contributed by atoms with Crippen molar-refractivity contribution in [1.29, 1.82) is 0 Å². The third-order valence-corrected chi connectivity index (χ3v) is 3.06. The van der Waals surface area contributed by atoms with E-state index in [-0.39, 0.29) is 0 Å². The number of nitrogens with zero attached hydrogens (tertiary/aromatic N) is 2. The van der Waals surface area contributed by atoms with Gasteiger partial charge in [-0.05, 0) is 31.9 Å². The summed E-state index contributed by atoms with van der Waals surface area (Å²) in [6, 6.07) is 4.11. The third kappa shape index (κ3) is 3.68. The van der Waals surface area contributed by atoms with Crippen LogP contribution in [0.3, 0.4) is 0 Å². The first-order chi connectivity index (χ1) is 8.40. The van der Waals surface area contributed by atoms with Crippen molar-refractivity contribution < 1.29 is 9.47 Å². The van der Waals surface area contributed by atoms with Gasteiger partial charge in [0.2, 0.25) is 0 Å². The molecule has 1 aromatic rings. The molecule has 0 aliphatic carbocycles. The van der Waals surface area contributed by atoms with E-state index < -0.39 is 0 Å². The van der Waals surface area contributed by atoms with Crippen LogP contribution >= 0.6 is 0 Å². The van der Waals surface area contributed by atoms with Crippen LogP contribution < -0.4 is 4.90 Å². The Labute approximate surface area is 103 Å². The molecule has 1 aromatic heterocycles. The summed E-state index contributed by atoms with van der Waals surface area (Å²) >= 11 is 0. The zero-order chi connectivity index (χ0) is 11.9. The number of aromatic nitrogens is 1. The van der Waals surface area contributed by atoms with Gasteiger partial charge in [0.1, 0.15) is 6.79 Å². The fourth-order valence-electron chi connectivity index (χ4n) is 2.06. The summed E-state index contributed by atoms with van der Waals surface area (Å²) in [5.41, 5.74) is 1.25. The van der Waals surface area contributed by atoms with E-state index in [0.717, 1.165) is 32.5 Å². The molecular formula is C13H20N2O2. The predicted molar refractivity (Wildman–Crippen MR) is 67.1 cm³/mol. The van der Waals surface area contributed by atoms with Crippen LogP contribution in [0.1, 0.15) is 19.8 Å². The van der Waals surface area contributed by atoms with Crippen LogP contribution in [0.25, 0.3) is 0 Å². The van der Waals surface area contributed by atoms with Gasteiger partial charge in [-0.25, -0.2) is 0 Å². The lowest BCUT2D eigenvalue weighted by Crippen LogP contribution is -2.37. The average Bonchev–Trinajstić information content (AvgIpc) is 2.41. The second kappa shape index (κ2) is 6.57. The monoisotopic (exact) mass is 236 g/mol. The Bertz CT molecular complexity index is 310.